The summed E-state index contributed by atoms with van der Waals surface area (Å²) in [6, 6.07) is 5.45. The molecule has 0 amide bonds. The van der Waals surface area contributed by atoms with Crippen LogP contribution in [0.5, 0.6) is 5.75 Å². The monoisotopic (exact) mass is 384 g/mol. The Labute approximate surface area is 142 Å². The summed E-state index contributed by atoms with van der Waals surface area (Å²) in [5.41, 5.74) is -4.62. The van der Waals surface area contributed by atoms with Gasteiger partial charge in [0.05, 0.1) is 0 Å². The van der Waals surface area contributed by atoms with Crippen LogP contribution in [0.25, 0.3) is 0 Å². The van der Waals surface area contributed by atoms with Crippen molar-refractivity contribution in [2.75, 3.05) is 6.61 Å². The molecule has 0 aliphatic rings. The first-order valence-corrected chi connectivity index (χ1v) is 11.7. The van der Waals surface area contributed by atoms with E-state index in [0.29, 0.717) is 13.0 Å². The van der Waals surface area contributed by atoms with E-state index in [1.54, 1.807) is 0 Å². The molecular formula is C15H23F3O4SSi. The summed E-state index contributed by atoms with van der Waals surface area (Å²) < 4.78 is 68.6. The summed E-state index contributed by atoms with van der Waals surface area (Å²) in [6.45, 7) is 11.2. The van der Waals surface area contributed by atoms with E-state index in [-0.39, 0.29) is 10.8 Å². The lowest BCUT2D eigenvalue weighted by molar-refractivity contribution is -0.0500. The number of benzene rings is 1. The highest BCUT2D eigenvalue weighted by atomic mass is 32.2. The largest absolute Gasteiger partial charge is 0.534 e. The highest BCUT2D eigenvalue weighted by molar-refractivity contribution is 7.88. The summed E-state index contributed by atoms with van der Waals surface area (Å²) in [6.07, 6.45) is 0.582. The van der Waals surface area contributed by atoms with E-state index in [1.807, 2.05) is 0 Å². The number of hydrogen-bond donors (Lipinski definition) is 0. The van der Waals surface area contributed by atoms with Crippen molar-refractivity contribution in [3.63, 3.8) is 0 Å². The van der Waals surface area contributed by atoms with Gasteiger partial charge in [-0.3, -0.25) is 0 Å². The van der Waals surface area contributed by atoms with E-state index in [4.69, 9.17) is 4.43 Å². The summed E-state index contributed by atoms with van der Waals surface area (Å²) in [5, 5.41) is 0.0939. The molecule has 0 fully saturated rings. The summed E-state index contributed by atoms with van der Waals surface area (Å²) >= 11 is 0. The quantitative estimate of drug-likeness (QED) is 0.412. The van der Waals surface area contributed by atoms with Gasteiger partial charge in [0.1, 0.15) is 5.75 Å². The molecule has 0 saturated carbocycles. The number of rotatable bonds is 6. The van der Waals surface area contributed by atoms with E-state index in [2.05, 4.69) is 38.0 Å². The second kappa shape index (κ2) is 7.05. The van der Waals surface area contributed by atoms with Crippen LogP contribution >= 0.6 is 0 Å². The molecule has 1 aromatic carbocycles. The van der Waals surface area contributed by atoms with Crippen LogP contribution in [0.2, 0.25) is 18.1 Å². The van der Waals surface area contributed by atoms with Gasteiger partial charge in [-0.2, -0.15) is 21.6 Å². The van der Waals surface area contributed by atoms with Gasteiger partial charge in [-0.05, 0) is 42.2 Å². The minimum Gasteiger partial charge on any atom is -0.416 e. The van der Waals surface area contributed by atoms with Gasteiger partial charge in [0.25, 0.3) is 0 Å². The minimum absolute atomic E-state index is 0.0939. The van der Waals surface area contributed by atoms with Crippen LogP contribution < -0.4 is 4.18 Å². The second-order valence-corrected chi connectivity index (χ2v) is 13.3. The van der Waals surface area contributed by atoms with E-state index in [1.165, 1.54) is 24.3 Å². The Kier molecular flexibility index (Phi) is 6.16. The fourth-order valence-corrected chi connectivity index (χ4v) is 3.03. The summed E-state index contributed by atoms with van der Waals surface area (Å²) in [4.78, 5) is 0. The molecule has 138 valence electrons. The highest BCUT2D eigenvalue weighted by Gasteiger charge is 2.48. The predicted octanol–water partition coefficient (Wildman–Crippen LogP) is 4.48. The van der Waals surface area contributed by atoms with Gasteiger partial charge in [0, 0.05) is 6.61 Å². The zero-order valence-electron chi connectivity index (χ0n) is 14.4. The van der Waals surface area contributed by atoms with Crippen molar-refractivity contribution in [3.05, 3.63) is 29.8 Å². The van der Waals surface area contributed by atoms with Crippen molar-refractivity contribution in [2.45, 2.75) is 50.8 Å². The van der Waals surface area contributed by atoms with Gasteiger partial charge in [0.2, 0.25) is 0 Å². The molecule has 4 nitrogen and oxygen atoms in total. The molecule has 0 unspecified atom stereocenters. The molecule has 0 saturated heterocycles. The van der Waals surface area contributed by atoms with E-state index < -0.39 is 23.9 Å². The summed E-state index contributed by atoms with van der Waals surface area (Å²) in [5.74, 6) is -0.374. The SMILES string of the molecule is CC(C)(C)[Si](C)(C)OCCc1ccc(OS(=O)(=O)C(F)(F)F)cc1. The van der Waals surface area contributed by atoms with Crippen molar-refractivity contribution in [1.29, 1.82) is 0 Å². The van der Waals surface area contributed by atoms with Crippen molar-refractivity contribution >= 4 is 18.4 Å². The van der Waals surface area contributed by atoms with Gasteiger partial charge in [0.15, 0.2) is 8.32 Å². The number of alkyl halides is 3. The molecule has 9 heteroatoms. The molecule has 0 spiro atoms. The maximum absolute atomic E-state index is 12.2. The average Bonchev–Trinajstić information content (AvgIpc) is 2.37. The number of halogens is 3. The van der Waals surface area contributed by atoms with Gasteiger partial charge in [-0.25, -0.2) is 0 Å². The second-order valence-electron chi connectivity index (χ2n) is 6.99. The Balaban J connectivity index is 2.64. The molecule has 0 radical (unpaired) electrons. The van der Waals surface area contributed by atoms with Crippen molar-refractivity contribution in [1.82, 2.24) is 0 Å². The molecular weight excluding hydrogens is 361 g/mol. The van der Waals surface area contributed by atoms with Crippen LogP contribution in [-0.4, -0.2) is 28.9 Å². The predicted molar refractivity (Wildman–Crippen MR) is 88.9 cm³/mol. The van der Waals surface area contributed by atoms with E-state index in [9.17, 15) is 21.6 Å². The topological polar surface area (TPSA) is 52.6 Å². The van der Waals surface area contributed by atoms with Crippen LogP contribution in [0.4, 0.5) is 13.2 Å². The van der Waals surface area contributed by atoms with Crippen LogP contribution in [0.1, 0.15) is 26.3 Å². The van der Waals surface area contributed by atoms with E-state index in [0.717, 1.165) is 5.56 Å². The molecule has 0 aliphatic heterocycles. The normalized spacial score (nSPS) is 13.8. The maximum atomic E-state index is 12.2. The van der Waals surface area contributed by atoms with Crippen molar-refractivity contribution < 1.29 is 30.2 Å². The first-order valence-electron chi connectivity index (χ1n) is 7.39. The molecule has 0 heterocycles. The van der Waals surface area contributed by atoms with Gasteiger partial charge < -0.3 is 8.61 Å². The van der Waals surface area contributed by atoms with Gasteiger partial charge in [-0.15, -0.1) is 0 Å². The van der Waals surface area contributed by atoms with Crippen LogP contribution in [0.15, 0.2) is 24.3 Å². The molecule has 0 atom stereocenters. The third kappa shape index (κ3) is 5.49. The molecule has 0 aliphatic carbocycles. The molecule has 1 aromatic rings. The Hall–Kier alpha value is -1.06. The van der Waals surface area contributed by atoms with Gasteiger partial charge >= 0.3 is 15.6 Å². The molecule has 24 heavy (non-hydrogen) atoms. The minimum atomic E-state index is -5.64. The lowest BCUT2D eigenvalue weighted by atomic mass is 10.2. The average molecular weight is 384 g/mol. The Morgan fingerprint density at radius 1 is 1.04 bits per heavy atom. The fourth-order valence-electron chi connectivity index (χ4n) is 1.53. The first-order chi connectivity index (χ1) is 10.7. The third-order valence-electron chi connectivity index (χ3n) is 4.07. The maximum Gasteiger partial charge on any atom is 0.534 e. The highest BCUT2D eigenvalue weighted by Crippen LogP contribution is 2.36. The molecule has 0 aromatic heterocycles. The first kappa shape index (κ1) is 21.0. The smallest absolute Gasteiger partial charge is 0.416 e. The Morgan fingerprint density at radius 2 is 1.54 bits per heavy atom. The third-order valence-corrected chi connectivity index (χ3v) is 9.59. The van der Waals surface area contributed by atoms with Crippen LogP contribution in [0.3, 0.4) is 0 Å². The fraction of sp³-hybridized carbons (Fsp3) is 0.600. The zero-order chi connectivity index (χ0) is 18.8. The summed E-state index contributed by atoms with van der Waals surface area (Å²) in [7, 11) is -7.49. The lowest BCUT2D eigenvalue weighted by Gasteiger charge is -2.36. The lowest BCUT2D eigenvalue weighted by Crippen LogP contribution is -2.41. The van der Waals surface area contributed by atoms with Crippen LogP contribution in [-0.2, 0) is 21.0 Å². The van der Waals surface area contributed by atoms with Crippen molar-refractivity contribution in [2.24, 2.45) is 0 Å². The Bertz CT molecular complexity index is 647. The van der Waals surface area contributed by atoms with E-state index >= 15 is 0 Å². The zero-order valence-corrected chi connectivity index (χ0v) is 16.2. The van der Waals surface area contributed by atoms with Crippen molar-refractivity contribution in [3.8, 4) is 5.75 Å². The molecule has 0 bridgehead atoms. The Morgan fingerprint density at radius 3 is 1.96 bits per heavy atom. The molecule has 1 rings (SSSR count). The van der Waals surface area contributed by atoms with Crippen LogP contribution in [0, 0.1) is 0 Å². The van der Waals surface area contributed by atoms with Gasteiger partial charge in [-0.1, -0.05) is 32.9 Å². The number of hydrogen-bond acceptors (Lipinski definition) is 4. The standard InChI is InChI=1S/C15H23F3O4SSi/c1-14(2,3)24(4,5)21-11-10-12-6-8-13(9-7-12)22-23(19,20)15(16,17)18/h6-9H,10-11H2,1-5H3. The molecule has 0 N–H and O–H groups in total.